The van der Waals surface area contributed by atoms with E-state index in [4.69, 9.17) is 0 Å². The highest BCUT2D eigenvalue weighted by molar-refractivity contribution is 6.22. The quantitative estimate of drug-likeness (QED) is 0.744. The summed E-state index contributed by atoms with van der Waals surface area (Å²) in [6, 6.07) is 5.87. The first kappa shape index (κ1) is 12.6. The number of aromatic carboxylic acids is 1. The number of anilines is 1. The molecule has 2 aliphatic carbocycles. The molecule has 5 heteroatoms. The van der Waals surface area contributed by atoms with Crippen LogP contribution in [0.4, 0.5) is 5.69 Å². The van der Waals surface area contributed by atoms with Gasteiger partial charge in [-0.15, -0.1) is 0 Å². The highest BCUT2D eigenvalue weighted by atomic mass is 16.4. The smallest absolute Gasteiger partial charge is 0.237 e. The summed E-state index contributed by atoms with van der Waals surface area (Å²) in [5.41, 5.74) is 0.327. The Kier molecular flexibility index (Phi) is 2.49. The number of hydrogen-bond acceptors (Lipinski definition) is 4. The molecule has 2 bridgehead atoms. The zero-order valence-electron chi connectivity index (χ0n) is 11.3. The highest BCUT2D eigenvalue weighted by Crippen LogP contribution is 2.56. The van der Waals surface area contributed by atoms with Crippen LogP contribution in [0, 0.1) is 23.7 Å². The molecule has 1 aromatic rings. The van der Waals surface area contributed by atoms with Crippen molar-refractivity contribution in [2.24, 2.45) is 23.7 Å². The molecule has 2 amide bonds. The van der Waals surface area contributed by atoms with Gasteiger partial charge in [-0.1, -0.05) is 12.1 Å². The molecule has 0 unspecified atom stereocenters. The minimum Gasteiger partial charge on any atom is -0.545 e. The van der Waals surface area contributed by atoms with Gasteiger partial charge in [0.05, 0.1) is 23.5 Å². The maximum atomic E-state index is 12.6. The van der Waals surface area contributed by atoms with Gasteiger partial charge in [-0.25, -0.2) is 0 Å². The van der Waals surface area contributed by atoms with Gasteiger partial charge in [0.15, 0.2) is 0 Å². The van der Waals surface area contributed by atoms with E-state index >= 15 is 0 Å². The molecule has 2 saturated carbocycles. The molecule has 108 valence electrons. The SMILES string of the molecule is O=C([O-])c1cccc(N2C(=O)[C@@H]3[C@@H]4CC[C@@H](C4)[C@@H]3C2=O)c1. The zero-order chi connectivity index (χ0) is 14.7. The third kappa shape index (κ3) is 1.60. The average molecular weight is 284 g/mol. The summed E-state index contributed by atoms with van der Waals surface area (Å²) in [7, 11) is 0. The molecule has 0 spiro atoms. The predicted octanol–water partition coefficient (Wildman–Crippen LogP) is 0.586. The van der Waals surface area contributed by atoms with Gasteiger partial charge in [-0.05, 0) is 48.8 Å². The summed E-state index contributed by atoms with van der Waals surface area (Å²) in [5.74, 6) is -1.36. The van der Waals surface area contributed by atoms with Gasteiger partial charge in [-0.3, -0.25) is 14.5 Å². The molecule has 0 aromatic heterocycles. The molecule has 4 atom stereocenters. The number of carbonyl (C=O) groups excluding carboxylic acids is 3. The fourth-order valence-electron chi connectivity index (χ4n) is 4.44. The molecule has 5 nitrogen and oxygen atoms in total. The van der Waals surface area contributed by atoms with Crippen LogP contribution in [-0.2, 0) is 9.59 Å². The van der Waals surface area contributed by atoms with Crippen molar-refractivity contribution in [2.75, 3.05) is 4.90 Å². The first-order valence-electron chi connectivity index (χ1n) is 7.27. The molecule has 21 heavy (non-hydrogen) atoms. The molecule has 3 aliphatic rings. The van der Waals surface area contributed by atoms with E-state index < -0.39 is 5.97 Å². The molecule has 1 heterocycles. The monoisotopic (exact) mass is 284 g/mol. The highest BCUT2D eigenvalue weighted by Gasteiger charge is 2.61. The molecule has 1 aliphatic heterocycles. The van der Waals surface area contributed by atoms with Gasteiger partial charge in [0, 0.05) is 0 Å². The lowest BCUT2D eigenvalue weighted by Crippen LogP contribution is -2.33. The molecule has 1 aromatic carbocycles. The maximum absolute atomic E-state index is 12.6. The topological polar surface area (TPSA) is 77.5 Å². The Morgan fingerprint density at radius 1 is 1.10 bits per heavy atom. The molecule has 0 N–H and O–H groups in total. The minimum atomic E-state index is -1.31. The molecule has 3 fully saturated rings. The van der Waals surface area contributed by atoms with E-state index in [0.717, 1.165) is 19.3 Å². The number of nitrogens with zero attached hydrogens (tertiary/aromatic N) is 1. The van der Waals surface area contributed by atoms with Crippen LogP contribution in [0.25, 0.3) is 0 Å². The summed E-state index contributed by atoms with van der Waals surface area (Å²) in [6.45, 7) is 0. The van der Waals surface area contributed by atoms with Gasteiger partial charge in [-0.2, -0.15) is 0 Å². The fraction of sp³-hybridized carbons (Fsp3) is 0.438. The Hall–Kier alpha value is -2.17. The van der Waals surface area contributed by atoms with E-state index in [9.17, 15) is 19.5 Å². The van der Waals surface area contributed by atoms with E-state index in [-0.39, 0.29) is 29.2 Å². The van der Waals surface area contributed by atoms with Gasteiger partial charge in [0.2, 0.25) is 11.8 Å². The second-order valence-corrected chi connectivity index (χ2v) is 6.23. The van der Waals surface area contributed by atoms with Crippen molar-refractivity contribution in [3.05, 3.63) is 29.8 Å². The maximum Gasteiger partial charge on any atom is 0.237 e. The summed E-state index contributed by atoms with van der Waals surface area (Å²) in [5, 5.41) is 10.9. The first-order valence-corrected chi connectivity index (χ1v) is 7.27. The van der Waals surface area contributed by atoms with Crippen molar-refractivity contribution < 1.29 is 19.5 Å². The second kappa shape index (κ2) is 4.16. The summed E-state index contributed by atoms with van der Waals surface area (Å²) in [6.07, 6.45) is 3.04. The standard InChI is InChI=1S/C16H15NO4/c18-14-12-8-4-5-9(6-8)13(12)15(19)17(14)11-3-1-2-10(7-11)16(20)21/h1-3,7-9,12-13H,4-6H2,(H,20,21)/p-1/t8-,9+,12-,13+. The zero-order valence-corrected chi connectivity index (χ0v) is 11.3. The van der Waals surface area contributed by atoms with E-state index in [1.165, 1.54) is 23.1 Å². The number of imide groups is 1. The number of carbonyl (C=O) groups is 3. The average Bonchev–Trinajstić information content (AvgIpc) is 3.13. The predicted molar refractivity (Wildman–Crippen MR) is 71.1 cm³/mol. The van der Waals surface area contributed by atoms with Crippen LogP contribution in [0.1, 0.15) is 29.6 Å². The lowest BCUT2D eigenvalue weighted by atomic mass is 9.81. The number of carboxylic acid groups (broad SMARTS) is 1. The van der Waals surface area contributed by atoms with Crippen LogP contribution < -0.4 is 10.0 Å². The van der Waals surface area contributed by atoms with Crippen LogP contribution in [0.3, 0.4) is 0 Å². The molecular formula is C16H14NO4-. The van der Waals surface area contributed by atoms with Gasteiger partial charge < -0.3 is 9.90 Å². The Bertz CT molecular complexity index is 640. The van der Waals surface area contributed by atoms with Gasteiger partial charge in [0.1, 0.15) is 0 Å². The normalized spacial score (nSPS) is 33.6. The van der Waals surface area contributed by atoms with E-state index in [1.54, 1.807) is 6.07 Å². The molecule has 4 rings (SSSR count). The Morgan fingerprint density at radius 3 is 2.29 bits per heavy atom. The van der Waals surface area contributed by atoms with Crippen molar-refractivity contribution in [2.45, 2.75) is 19.3 Å². The van der Waals surface area contributed by atoms with Crippen LogP contribution in [0.15, 0.2) is 24.3 Å². The van der Waals surface area contributed by atoms with E-state index in [2.05, 4.69) is 0 Å². The van der Waals surface area contributed by atoms with E-state index in [0.29, 0.717) is 17.5 Å². The summed E-state index contributed by atoms with van der Waals surface area (Å²) < 4.78 is 0. The van der Waals surface area contributed by atoms with E-state index in [1.807, 2.05) is 0 Å². The Labute approximate surface area is 121 Å². The largest absolute Gasteiger partial charge is 0.545 e. The van der Waals surface area contributed by atoms with Crippen molar-refractivity contribution in [1.29, 1.82) is 0 Å². The van der Waals surface area contributed by atoms with Gasteiger partial charge in [0.25, 0.3) is 0 Å². The number of rotatable bonds is 2. The van der Waals surface area contributed by atoms with Crippen LogP contribution in [-0.4, -0.2) is 17.8 Å². The van der Waals surface area contributed by atoms with Gasteiger partial charge >= 0.3 is 0 Å². The van der Waals surface area contributed by atoms with Crippen molar-refractivity contribution in [3.63, 3.8) is 0 Å². The van der Waals surface area contributed by atoms with Crippen LogP contribution >= 0.6 is 0 Å². The first-order chi connectivity index (χ1) is 10.1. The summed E-state index contributed by atoms with van der Waals surface area (Å²) in [4.78, 5) is 37.4. The number of hydrogen-bond donors (Lipinski definition) is 0. The lowest BCUT2D eigenvalue weighted by Gasteiger charge is -2.19. The number of amides is 2. The minimum absolute atomic E-state index is 0.0202. The Morgan fingerprint density at radius 2 is 1.71 bits per heavy atom. The molecular weight excluding hydrogens is 270 g/mol. The van der Waals surface area contributed by atoms with Crippen LogP contribution in [0.2, 0.25) is 0 Å². The fourth-order valence-corrected chi connectivity index (χ4v) is 4.44. The number of fused-ring (bicyclic) bond motifs is 5. The van der Waals surface area contributed by atoms with Crippen molar-refractivity contribution >= 4 is 23.5 Å². The lowest BCUT2D eigenvalue weighted by molar-refractivity contribution is -0.255. The van der Waals surface area contributed by atoms with Crippen molar-refractivity contribution in [3.8, 4) is 0 Å². The van der Waals surface area contributed by atoms with Crippen molar-refractivity contribution in [1.82, 2.24) is 0 Å². The number of benzene rings is 1. The number of carboxylic acids is 1. The molecule has 1 saturated heterocycles. The van der Waals surface area contributed by atoms with Crippen LogP contribution in [0.5, 0.6) is 0 Å². The second-order valence-electron chi connectivity index (χ2n) is 6.23. The third-order valence-electron chi connectivity index (χ3n) is 5.27. The Balaban J connectivity index is 1.73. The third-order valence-corrected chi connectivity index (χ3v) is 5.27. The summed E-state index contributed by atoms with van der Waals surface area (Å²) >= 11 is 0. The molecule has 0 radical (unpaired) electrons.